The number of halogens is 1. The van der Waals surface area contributed by atoms with Crippen molar-refractivity contribution in [1.82, 2.24) is 10.3 Å². The Labute approximate surface area is 137 Å². The van der Waals surface area contributed by atoms with Gasteiger partial charge in [-0.25, -0.2) is 4.79 Å². The second kappa shape index (κ2) is 7.45. The summed E-state index contributed by atoms with van der Waals surface area (Å²) in [7, 11) is 0. The Morgan fingerprint density at radius 3 is 2.73 bits per heavy atom. The van der Waals surface area contributed by atoms with Gasteiger partial charge in [0.05, 0.1) is 4.47 Å². The minimum atomic E-state index is -0.554. The highest BCUT2D eigenvalue weighted by atomic mass is 79.9. The molecule has 22 heavy (non-hydrogen) atoms. The molecule has 0 fully saturated rings. The summed E-state index contributed by atoms with van der Waals surface area (Å²) in [6.07, 6.45) is 0.896. The average Bonchev–Trinajstić information content (AvgIpc) is 2.82. The van der Waals surface area contributed by atoms with Gasteiger partial charge in [0.25, 0.3) is 5.91 Å². The molecule has 1 heterocycles. The van der Waals surface area contributed by atoms with E-state index in [1.165, 1.54) is 0 Å². The van der Waals surface area contributed by atoms with Gasteiger partial charge in [0.15, 0.2) is 6.61 Å². The van der Waals surface area contributed by atoms with Crippen molar-refractivity contribution in [3.63, 3.8) is 0 Å². The fourth-order valence-electron chi connectivity index (χ4n) is 2.00. The topological polar surface area (TPSA) is 71.2 Å². The number of ether oxygens (including phenoxy) is 1. The van der Waals surface area contributed by atoms with Gasteiger partial charge in [-0.1, -0.05) is 32.0 Å². The summed E-state index contributed by atoms with van der Waals surface area (Å²) in [6.45, 7) is 4.47. The van der Waals surface area contributed by atoms with Gasteiger partial charge >= 0.3 is 5.97 Å². The maximum atomic E-state index is 12.1. The molecule has 0 aliphatic carbocycles. The highest BCUT2D eigenvalue weighted by molar-refractivity contribution is 9.10. The number of nitrogens with one attached hydrogen (secondary N) is 2. The van der Waals surface area contributed by atoms with Crippen molar-refractivity contribution in [3.8, 4) is 0 Å². The number of hydrogen-bond acceptors (Lipinski definition) is 3. The first-order valence-electron chi connectivity index (χ1n) is 7.19. The Kier molecular flexibility index (Phi) is 5.60. The van der Waals surface area contributed by atoms with Gasteiger partial charge in [0, 0.05) is 17.4 Å². The summed E-state index contributed by atoms with van der Waals surface area (Å²) < 4.78 is 5.69. The van der Waals surface area contributed by atoms with Gasteiger partial charge in [-0.2, -0.15) is 0 Å². The Balaban J connectivity index is 1.91. The summed E-state index contributed by atoms with van der Waals surface area (Å²) in [6, 6.07) is 7.53. The molecule has 1 aromatic carbocycles. The number of para-hydroxylation sites is 1. The van der Waals surface area contributed by atoms with Crippen molar-refractivity contribution in [1.29, 1.82) is 0 Å². The van der Waals surface area contributed by atoms with Crippen LogP contribution in [0.25, 0.3) is 10.9 Å². The lowest BCUT2D eigenvalue weighted by molar-refractivity contribution is -0.124. The molecule has 0 saturated heterocycles. The molecule has 5 nitrogen and oxygen atoms in total. The van der Waals surface area contributed by atoms with Crippen molar-refractivity contribution in [3.05, 3.63) is 34.4 Å². The van der Waals surface area contributed by atoms with Crippen molar-refractivity contribution in [2.24, 2.45) is 5.92 Å². The third-order valence-corrected chi connectivity index (χ3v) is 4.05. The van der Waals surface area contributed by atoms with Crippen LogP contribution >= 0.6 is 15.9 Å². The van der Waals surface area contributed by atoms with Crippen LogP contribution in [-0.2, 0) is 9.53 Å². The van der Waals surface area contributed by atoms with E-state index in [2.05, 4.69) is 40.1 Å². The number of esters is 1. The normalized spacial score (nSPS) is 10.9. The number of H-pyrrole nitrogens is 1. The zero-order valence-corrected chi connectivity index (χ0v) is 14.2. The number of aromatic nitrogens is 1. The maximum Gasteiger partial charge on any atom is 0.356 e. The van der Waals surface area contributed by atoms with E-state index in [0.717, 1.165) is 17.3 Å². The molecule has 1 amide bonds. The van der Waals surface area contributed by atoms with Gasteiger partial charge in [0.2, 0.25) is 0 Å². The maximum absolute atomic E-state index is 12.1. The second-order valence-corrected chi connectivity index (χ2v) is 6.26. The van der Waals surface area contributed by atoms with Crippen LogP contribution < -0.4 is 5.32 Å². The Bertz CT molecular complexity index is 679. The minimum absolute atomic E-state index is 0.279. The molecule has 0 aliphatic rings. The molecule has 2 aromatic rings. The summed E-state index contributed by atoms with van der Waals surface area (Å²) in [4.78, 5) is 26.7. The zero-order chi connectivity index (χ0) is 16.1. The smallest absolute Gasteiger partial charge is 0.356 e. The van der Waals surface area contributed by atoms with E-state index < -0.39 is 5.97 Å². The minimum Gasteiger partial charge on any atom is -0.451 e. The van der Waals surface area contributed by atoms with Gasteiger partial charge in [-0.05, 0) is 34.3 Å². The van der Waals surface area contributed by atoms with Crippen molar-refractivity contribution in [2.45, 2.75) is 20.3 Å². The van der Waals surface area contributed by atoms with Crippen LogP contribution in [0.4, 0.5) is 0 Å². The molecule has 0 bridgehead atoms. The molecule has 0 radical (unpaired) electrons. The third kappa shape index (κ3) is 4.10. The summed E-state index contributed by atoms with van der Waals surface area (Å²) in [5, 5.41) is 3.62. The van der Waals surface area contributed by atoms with E-state index in [4.69, 9.17) is 4.74 Å². The highest BCUT2D eigenvalue weighted by Crippen LogP contribution is 2.27. The average molecular weight is 367 g/mol. The lowest BCUT2D eigenvalue weighted by Gasteiger charge is -2.07. The summed E-state index contributed by atoms with van der Waals surface area (Å²) in [5.74, 6) is -0.325. The lowest BCUT2D eigenvalue weighted by Crippen LogP contribution is -2.30. The van der Waals surface area contributed by atoms with E-state index in [0.29, 0.717) is 22.6 Å². The van der Waals surface area contributed by atoms with Crippen LogP contribution in [0.1, 0.15) is 30.8 Å². The van der Waals surface area contributed by atoms with Gasteiger partial charge in [-0.3, -0.25) is 4.79 Å². The highest BCUT2D eigenvalue weighted by Gasteiger charge is 2.18. The van der Waals surface area contributed by atoms with Crippen LogP contribution in [0.2, 0.25) is 0 Å². The fourth-order valence-corrected chi connectivity index (χ4v) is 2.61. The van der Waals surface area contributed by atoms with Crippen LogP contribution in [0, 0.1) is 5.92 Å². The largest absolute Gasteiger partial charge is 0.451 e. The molecule has 0 saturated carbocycles. The first kappa shape index (κ1) is 16.5. The van der Waals surface area contributed by atoms with E-state index in [1.807, 2.05) is 24.3 Å². The molecular formula is C16H19BrN2O3. The SMILES string of the molecule is CC(C)CCNC(=O)COC(=O)c1[nH]c2ccccc2c1Br. The number of benzene rings is 1. The monoisotopic (exact) mass is 366 g/mol. The molecule has 6 heteroatoms. The van der Waals surface area contributed by atoms with E-state index in [1.54, 1.807) is 0 Å². The predicted molar refractivity (Wildman–Crippen MR) is 88.7 cm³/mol. The number of carbonyl (C=O) groups is 2. The second-order valence-electron chi connectivity index (χ2n) is 5.47. The van der Waals surface area contributed by atoms with E-state index in [-0.39, 0.29) is 12.5 Å². The fraction of sp³-hybridized carbons (Fsp3) is 0.375. The molecule has 1 aromatic heterocycles. The van der Waals surface area contributed by atoms with E-state index in [9.17, 15) is 9.59 Å². The third-order valence-electron chi connectivity index (χ3n) is 3.23. The summed E-state index contributed by atoms with van der Waals surface area (Å²) in [5.41, 5.74) is 1.15. The standard InChI is InChI=1S/C16H19BrN2O3/c1-10(2)7-8-18-13(20)9-22-16(21)15-14(17)11-5-3-4-6-12(11)19-15/h3-6,10,19H,7-9H2,1-2H3,(H,18,20). The number of fused-ring (bicyclic) bond motifs is 1. The number of carbonyl (C=O) groups excluding carboxylic acids is 2. The molecule has 2 rings (SSSR count). The van der Waals surface area contributed by atoms with Crippen LogP contribution in [0.15, 0.2) is 28.7 Å². The molecule has 2 N–H and O–H groups in total. The Morgan fingerprint density at radius 2 is 2.05 bits per heavy atom. The van der Waals surface area contributed by atoms with Crippen LogP contribution in [-0.4, -0.2) is 30.0 Å². The van der Waals surface area contributed by atoms with Gasteiger partial charge < -0.3 is 15.0 Å². The zero-order valence-electron chi connectivity index (χ0n) is 12.6. The van der Waals surface area contributed by atoms with E-state index >= 15 is 0 Å². The first-order chi connectivity index (χ1) is 10.5. The van der Waals surface area contributed by atoms with Crippen LogP contribution in [0.3, 0.4) is 0 Å². The van der Waals surface area contributed by atoms with Gasteiger partial charge in [0.1, 0.15) is 5.69 Å². The molecule has 0 spiro atoms. The quantitative estimate of drug-likeness (QED) is 0.770. The van der Waals surface area contributed by atoms with Crippen molar-refractivity contribution < 1.29 is 14.3 Å². The molecule has 118 valence electrons. The molecule has 0 aliphatic heterocycles. The Morgan fingerprint density at radius 1 is 1.32 bits per heavy atom. The Hall–Kier alpha value is -1.82. The predicted octanol–water partition coefficient (Wildman–Crippen LogP) is 3.25. The number of hydrogen-bond donors (Lipinski definition) is 2. The van der Waals surface area contributed by atoms with Crippen LogP contribution in [0.5, 0.6) is 0 Å². The number of rotatable bonds is 6. The number of amides is 1. The van der Waals surface area contributed by atoms with Gasteiger partial charge in [-0.15, -0.1) is 0 Å². The lowest BCUT2D eigenvalue weighted by atomic mass is 10.1. The molecule has 0 atom stereocenters. The molecular weight excluding hydrogens is 348 g/mol. The first-order valence-corrected chi connectivity index (χ1v) is 7.98. The van der Waals surface area contributed by atoms with Crippen molar-refractivity contribution >= 4 is 38.7 Å². The summed E-state index contributed by atoms with van der Waals surface area (Å²) >= 11 is 3.38. The van der Waals surface area contributed by atoms with Crippen molar-refractivity contribution in [2.75, 3.05) is 13.2 Å². The molecule has 0 unspecified atom stereocenters. The number of aromatic amines is 1.